The molecule has 41 heavy (non-hydrogen) atoms. The van der Waals surface area contributed by atoms with Gasteiger partial charge in [0.25, 0.3) is 0 Å². The van der Waals surface area contributed by atoms with E-state index in [2.05, 4.69) is 0 Å². The van der Waals surface area contributed by atoms with Crippen molar-refractivity contribution in [2.45, 2.75) is 43.6 Å². The quantitative estimate of drug-likeness (QED) is 0.243. The van der Waals surface area contributed by atoms with Crippen LogP contribution in [0, 0.1) is 11.3 Å². The van der Waals surface area contributed by atoms with Gasteiger partial charge < -0.3 is 40.2 Å². The van der Waals surface area contributed by atoms with Crippen LogP contribution in [0.15, 0.2) is 45.1 Å². The summed E-state index contributed by atoms with van der Waals surface area (Å²) in [5, 5.41) is 76.6. The zero-order valence-corrected chi connectivity index (χ0v) is 21.5. The lowest BCUT2D eigenvalue weighted by Crippen LogP contribution is -2.59. The van der Waals surface area contributed by atoms with Crippen LogP contribution in [0.5, 0.6) is 28.7 Å². The molecule has 4 aliphatic carbocycles. The minimum atomic E-state index is -1.79. The summed E-state index contributed by atoms with van der Waals surface area (Å²) in [5.74, 6) is -8.57. The number of ketones is 2. The number of carbonyl (C=O) groups is 2. The van der Waals surface area contributed by atoms with Gasteiger partial charge in [0.05, 0.1) is 29.2 Å². The fraction of sp³-hybridized carbons (Fsp3) is 0.300. The van der Waals surface area contributed by atoms with Crippen LogP contribution in [-0.4, -0.2) is 53.4 Å². The Kier molecular flexibility index (Phi) is 4.87. The summed E-state index contributed by atoms with van der Waals surface area (Å²) in [6, 6.07) is 5.11. The van der Waals surface area contributed by atoms with E-state index in [4.69, 9.17) is 4.42 Å². The van der Waals surface area contributed by atoms with Crippen molar-refractivity contribution in [1.82, 2.24) is 0 Å². The van der Waals surface area contributed by atoms with Crippen molar-refractivity contribution in [3.05, 3.63) is 79.9 Å². The Morgan fingerprint density at radius 3 is 2.24 bits per heavy atom. The van der Waals surface area contributed by atoms with Crippen LogP contribution in [0.4, 0.5) is 0 Å². The molecule has 0 amide bonds. The Morgan fingerprint density at radius 1 is 0.854 bits per heavy atom. The molecule has 1 aromatic heterocycles. The first-order chi connectivity index (χ1) is 19.4. The van der Waals surface area contributed by atoms with Gasteiger partial charge in [-0.3, -0.25) is 9.59 Å². The Morgan fingerprint density at radius 2 is 1.54 bits per heavy atom. The molecule has 0 bridgehead atoms. The van der Waals surface area contributed by atoms with Gasteiger partial charge in [-0.05, 0) is 17.2 Å². The second kappa shape index (κ2) is 7.91. The number of carbonyl (C=O) groups excluding carboxylic acids is 2. The van der Waals surface area contributed by atoms with Crippen molar-refractivity contribution in [1.29, 1.82) is 0 Å². The summed E-state index contributed by atoms with van der Waals surface area (Å²) in [7, 11) is 0. The molecule has 0 unspecified atom stereocenters. The fourth-order valence-electron chi connectivity index (χ4n) is 8.22. The van der Waals surface area contributed by atoms with Crippen LogP contribution in [-0.2, 0) is 11.2 Å². The van der Waals surface area contributed by atoms with Crippen LogP contribution >= 0.6 is 0 Å². The monoisotopic (exact) mass is 560 g/mol. The molecule has 0 spiro atoms. The average molecular weight is 561 g/mol. The second-order valence-electron chi connectivity index (χ2n) is 11.4. The minimum Gasteiger partial charge on any atom is -0.508 e. The third-order valence-electron chi connectivity index (χ3n) is 9.45. The predicted molar refractivity (Wildman–Crippen MR) is 139 cm³/mol. The van der Waals surface area contributed by atoms with Crippen LogP contribution < -0.4 is 5.63 Å². The highest BCUT2D eigenvalue weighted by molar-refractivity contribution is 6.14. The van der Waals surface area contributed by atoms with Gasteiger partial charge in [0.15, 0.2) is 11.6 Å². The zero-order valence-electron chi connectivity index (χ0n) is 21.5. The van der Waals surface area contributed by atoms with E-state index in [0.29, 0.717) is 0 Å². The molecule has 210 valence electrons. The molecule has 2 aromatic carbocycles. The number of phenolic OH excluding ortho intramolecular Hbond substituents is 4. The first kappa shape index (κ1) is 25.2. The largest absolute Gasteiger partial charge is 0.508 e. The van der Waals surface area contributed by atoms with Crippen molar-refractivity contribution in [3.8, 4) is 28.7 Å². The first-order valence-corrected chi connectivity index (χ1v) is 13.0. The number of hydrogen-bond acceptors (Lipinski definition) is 11. The van der Waals surface area contributed by atoms with Crippen molar-refractivity contribution < 1.29 is 49.8 Å². The van der Waals surface area contributed by atoms with Crippen molar-refractivity contribution in [3.63, 3.8) is 0 Å². The molecule has 6 atom stereocenters. The highest BCUT2D eigenvalue weighted by Gasteiger charge is 2.68. The summed E-state index contributed by atoms with van der Waals surface area (Å²) in [6.45, 7) is 1.63. The molecule has 1 saturated carbocycles. The number of aromatic hydroxyl groups is 5. The van der Waals surface area contributed by atoms with E-state index in [0.717, 1.165) is 24.3 Å². The standard InChI is InChI=1S/C30H24O11/c1-9-20-16(34)7-17(35)22-23(20)24-14(27(9)38)6-18(36)26-28(39)21-13(3-11(32)4-15(21)33)25(29(22)40)30(24,26)8-12-2-10(31)5-19(37)41-12/h2-5,7,9,14,24-25,27,31-35,38-39H,6,8H2,1H3/t9-,14+,24-,25+,27+,30+/m1/s1. The maximum Gasteiger partial charge on any atom is 0.339 e. The van der Waals surface area contributed by atoms with E-state index in [1.165, 1.54) is 6.07 Å². The molecule has 7 N–H and O–H groups in total. The topological polar surface area (TPSA) is 206 Å². The van der Waals surface area contributed by atoms with E-state index in [9.17, 15) is 50.1 Å². The number of aliphatic hydroxyl groups excluding tert-OH is 2. The van der Waals surface area contributed by atoms with Crippen LogP contribution in [0.25, 0.3) is 5.76 Å². The number of hydrogen-bond donors (Lipinski definition) is 7. The average Bonchev–Trinajstić information content (AvgIpc) is 2.84. The molecule has 0 aliphatic heterocycles. The number of benzene rings is 2. The summed E-state index contributed by atoms with van der Waals surface area (Å²) < 4.78 is 5.38. The number of aliphatic hydroxyl groups is 2. The number of Topliss-reactive ketones (excluding diaryl/α,β-unsaturated/α-hetero) is 2. The minimum absolute atomic E-state index is 0.0440. The Bertz CT molecular complexity index is 1830. The highest BCUT2D eigenvalue weighted by Crippen LogP contribution is 2.72. The molecular formula is C30H24O11. The van der Waals surface area contributed by atoms with Crippen molar-refractivity contribution >= 4 is 17.3 Å². The van der Waals surface area contributed by atoms with E-state index in [1.54, 1.807) is 6.92 Å². The maximum atomic E-state index is 14.6. The summed E-state index contributed by atoms with van der Waals surface area (Å²) >= 11 is 0. The molecule has 1 heterocycles. The second-order valence-corrected chi connectivity index (χ2v) is 11.4. The summed E-state index contributed by atoms with van der Waals surface area (Å²) in [4.78, 5) is 40.8. The van der Waals surface area contributed by atoms with Gasteiger partial charge in [0, 0.05) is 65.3 Å². The lowest BCUT2D eigenvalue weighted by molar-refractivity contribution is -0.124. The van der Waals surface area contributed by atoms with Gasteiger partial charge in [-0.1, -0.05) is 6.92 Å². The van der Waals surface area contributed by atoms with Crippen LogP contribution in [0.3, 0.4) is 0 Å². The predicted octanol–water partition coefficient (Wildman–Crippen LogP) is 2.81. The molecular weight excluding hydrogens is 536 g/mol. The van der Waals surface area contributed by atoms with E-state index >= 15 is 0 Å². The smallest absolute Gasteiger partial charge is 0.339 e. The number of allylic oxidation sites excluding steroid dienone is 1. The molecule has 11 nitrogen and oxygen atoms in total. The molecule has 4 aliphatic rings. The van der Waals surface area contributed by atoms with Crippen LogP contribution in [0.1, 0.15) is 69.5 Å². The Balaban J connectivity index is 1.69. The molecule has 1 fully saturated rings. The molecule has 11 heteroatoms. The van der Waals surface area contributed by atoms with Gasteiger partial charge in [0.1, 0.15) is 40.3 Å². The van der Waals surface area contributed by atoms with Crippen LogP contribution in [0.2, 0.25) is 0 Å². The normalized spacial score (nSPS) is 29.3. The van der Waals surface area contributed by atoms with Gasteiger partial charge >= 0.3 is 5.63 Å². The lowest BCUT2D eigenvalue weighted by atomic mass is 9.41. The summed E-state index contributed by atoms with van der Waals surface area (Å²) in [6.07, 6.45) is -1.89. The van der Waals surface area contributed by atoms with E-state index in [-0.39, 0.29) is 51.3 Å². The number of phenols is 4. The number of fused-ring (bicyclic) bond motifs is 2. The molecule has 0 saturated heterocycles. The van der Waals surface area contributed by atoms with Crippen molar-refractivity contribution in [2.24, 2.45) is 11.3 Å². The Labute approximate surface area is 230 Å². The van der Waals surface area contributed by atoms with Gasteiger partial charge in [-0.2, -0.15) is 0 Å². The first-order valence-electron chi connectivity index (χ1n) is 13.0. The highest BCUT2D eigenvalue weighted by atomic mass is 16.4. The molecule has 0 radical (unpaired) electrons. The molecule has 3 aromatic rings. The van der Waals surface area contributed by atoms with Crippen molar-refractivity contribution in [2.75, 3.05) is 0 Å². The van der Waals surface area contributed by atoms with Gasteiger partial charge in [0.2, 0.25) is 0 Å². The Hall–Kier alpha value is -4.77. The SMILES string of the molecule is C[C@@H]1c2c(O)cc(O)c3c2[C@H]2[C@H](CC(=O)C4=C(O)c5c(O)cc(O)cc5[C@@H](C3=O)[C@@]42Cc2cc(O)cc(=O)o2)[C@H]1O. The zero-order chi connectivity index (χ0) is 29.3. The fourth-order valence-corrected chi connectivity index (χ4v) is 8.22. The third kappa shape index (κ3) is 2.98. The number of rotatable bonds is 2. The summed E-state index contributed by atoms with van der Waals surface area (Å²) in [5.41, 5.74) is -2.98. The molecule has 7 rings (SSSR count). The third-order valence-corrected chi connectivity index (χ3v) is 9.45. The lowest BCUT2D eigenvalue weighted by Gasteiger charge is -2.60. The van der Waals surface area contributed by atoms with E-state index in [1.807, 2.05) is 0 Å². The van der Waals surface area contributed by atoms with E-state index < -0.39 is 87.6 Å². The van der Waals surface area contributed by atoms with Gasteiger partial charge in [-0.25, -0.2) is 4.79 Å². The maximum absolute atomic E-state index is 14.6. The van der Waals surface area contributed by atoms with Gasteiger partial charge in [-0.15, -0.1) is 0 Å².